The normalized spacial score (nSPS) is 31.5. The minimum atomic E-state index is -1.88. The summed E-state index contributed by atoms with van der Waals surface area (Å²) in [6, 6.07) is 2.64. The number of carbonyl (C=O) groups is 4. The lowest BCUT2D eigenvalue weighted by atomic mass is 9.83. The van der Waals surface area contributed by atoms with E-state index in [1.807, 2.05) is 0 Å². The number of carbonyl (C=O) groups excluding carboxylic acids is 4. The third kappa shape index (κ3) is 8.57. The summed E-state index contributed by atoms with van der Waals surface area (Å²) < 4.78 is 29.0. The summed E-state index contributed by atoms with van der Waals surface area (Å²) in [5.41, 5.74) is -1.98. The maximum Gasteiger partial charge on any atom is 0.409 e. The molecule has 3 aliphatic heterocycles. The van der Waals surface area contributed by atoms with Gasteiger partial charge in [-0.3, -0.25) is 19.7 Å². The number of nitrogens with zero attached hydrogens (tertiary/aromatic N) is 2. The summed E-state index contributed by atoms with van der Waals surface area (Å²) in [6.07, 6.45) is -1.50. The number of halogens is 1. The summed E-state index contributed by atoms with van der Waals surface area (Å²) in [6.45, 7) is 10.5. The second-order valence-electron chi connectivity index (χ2n) is 14.5. The first-order valence-electron chi connectivity index (χ1n) is 17.3. The van der Waals surface area contributed by atoms with Crippen molar-refractivity contribution in [1.82, 2.24) is 10.2 Å². The molecule has 2 fully saturated rings. The average Bonchev–Trinajstić information content (AvgIpc) is 3.79. The Morgan fingerprint density at radius 3 is 2.50 bits per heavy atom. The number of benzene rings is 1. The number of methoxy groups -OCH3 is 2. The summed E-state index contributed by atoms with van der Waals surface area (Å²) in [4.78, 5) is 55.8. The molecule has 0 spiro atoms. The van der Waals surface area contributed by atoms with E-state index in [0.29, 0.717) is 11.1 Å². The van der Waals surface area contributed by atoms with Gasteiger partial charge >= 0.3 is 12.1 Å². The van der Waals surface area contributed by atoms with Crippen LogP contribution in [0.25, 0.3) is 0 Å². The zero-order valence-corrected chi connectivity index (χ0v) is 32.2. The lowest BCUT2D eigenvalue weighted by Gasteiger charge is -2.42. The molecule has 15 heteroatoms. The van der Waals surface area contributed by atoms with Gasteiger partial charge in [-0.15, -0.1) is 0 Å². The van der Waals surface area contributed by atoms with Crippen molar-refractivity contribution < 1.29 is 53.1 Å². The maximum absolute atomic E-state index is 14.1. The maximum atomic E-state index is 14.1. The molecule has 14 nitrogen and oxygen atoms in total. The smallest absolute Gasteiger partial charge is 0.409 e. The summed E-state index contributed by atoms with van der Waals surface area (Å²) in [5.74, 6) is -1.87. The van der Waals surface area contributed by atoms with Crippen molar-refractivity contribution in [3.63, 3.8) is 0 Å². The fourth-order valence-corrected chi connectivity index (χ4v) is 7.11. The van der Waals surface area contributed by atoms with E-state index >= 15 is 0 Å². The van der Waals surface area contributed by atoms with Gasteiger partial charge in [0.25, 0.3) is 0 Å². The van der Waals surface area contributed by atoms with Gasteiger partial charge in [-0.2, -0.15) is 0 Å². The number of ether oxygens (including phenoxy) is 5. The Kier molecular flexibility index (Phi) is 12.7. The van der Waals surface area contributed by atoms with E-state index < -0.39 is 71.8 Å². The number of anilines is 1. The van der Waals surface area contributed by atoms with Gasteiger partial charge in [-0.1, -0.05) is 50.6 Å². The number of allylic oxidation sites excluding steroid dienone is 2. The first-order chi connectivity index (χ1) is 24.3. The number of alkyl carbamates (subject to hydrolysis) is 1. The number of amides is 3. The van der Waals surface area contributed by atoms with Gasteiger partial charge in [0, 0.05) is 45.5 Å². The van der Waals surface area contributed by atoms with Gasteiger partial charge in [0.05, 0.1) is 31.7 Å². The highest BCUT2D eigenvalue weighted by molar-refractivity contribution is 6.35. The van der Waals surface area contributed by atoms with Crippen LogP contribution < -0.4 is 15.0 Å². The Morgan fingerprint density at radius 2 is 1.88 bits per heavy atom. The van der Waals surface area contributed by atoms with Gasteiger partial charge in [-0.05, 0) is 44.0 Å². The van der Waals surface area contributed by atoms with E-state index in [-0.39, 0.29) is 47.5 Å². The van der Waals surface area contributed by atoms with Crippen LogP contribution in [0.5, 0.6) is 5.75 Å². The minimum Gasteiger partial charge on any atom is -0.495 e. The Bertz CT molecular complexity index is 1600. The Morgan fingerprint density at radius 1 is 1.21 bits per heavy atom. The van der Waals surface area contributed by atoms with Crippen LogP contribution in [0.1, 0.15) is 72.5 Å². The number of nitrogens with one attached hydrogen (secondary N) is 1. The van der Waals surface area contributed by atoms with Gasteiger partial charge in [0.2, 0.25) is 11.8 Å². The lowest BCUT2D eigenvalue weighted by Crippen LogP contribution is -2.63. The molecule has 4 bridgehead atoms. The zero-order chi connectivity index (χ0) is 38.9. The number of esters is 1. The quantitative estimate of drug-likeness (QED) is 0.271. The molecule has 1 aromatic carbocycles. The predicted molar refractivity (Wildman–Crippen MR) is 192 cm³/mol. The van der Waals surface area contributed by atoms with E-state index in [1.165, 1.54) is 31.1 Å². The van der Waals surface area contributed by atoms with Crippen molar-refractivity contribution in [3.05, 3.63) is 46.5 Å². The van der Waals surface area contributed by atoms with Crippen LogP contribution in [-0.4, -0.2) is 109 Å². The number of epoxide rings is 1. The van der Waals surface area contributed by atoms with E-state index in [1.54, 1.807) is 79.0 Å². The second-order valence-corrected chi connectivity index (χ2v) is 14.9. The molecule has 288 valence electrons. The molecular formula is C37H52ClN3O11. The van der Waals surface area contributed by atoms with Crippen LogP contribution in [0.3, 0.4) is 0 Å². The molecule has 3 N–H and O–H groups in total. The molecule has 2 saturated heterocycles. The minimum absolute atomic E-state index is 0.0893. The molecule has 9 unspecified atom stereocenters. The fourth-order valence-electron chi connectivity index (χ4n) is 6.80. The van der Waals surface area contributed by atoms with Crippen molar-refractivity contribution in [3.8, 4) is 5.75 Å². The van der Waals surface area contributed by atoms with Crippen molar-refractivity contribution in [2.45, 2.75) is 109 Å². The summed E-state index contributed by atoms with van der Waals surface area (Å²) >= 11 is 6.71. The highest BCUT2D eigenvalue weighted by atomic mass is 35.5. The van der Waals surface area contributed by atoms with Crippen LogP contribution in [0.4, 0.5) is 10.5 Å². The molecule has 4 rings (SSSR count). The number of hydrogen-bond donors (Lipinski definition) is 3. The van der Waals surface area contributed by atoms with Crippen molar-refractivity contribution in [1.29, 1.82) is 0 Å². The number of hydrogen-bond acceptors (Lipinski definition) is 11. The fraction of sp³-hybridized carbons (Fsp3) is 0.622. The van der Waals surface area contributed by atoms with Gasteiger partial charge in [-0.25, -0.2) is 4.79 Å². The molecule has 0 radical (unpaired) electrons. The Hall–Kier alpha value is -3.69. The van der Waals surface area contributed by atoms with Crippen molar-refractivity contribution in [2.75, 3.05) is 33.2 Å². The van der Waals surface area contributed by atoms with Gasteiger partial charge in [0.15, 0.2) is 5.72 Å². The third-order valence-corrected chi connectivity index (χ3v) is 10.8. The molecule has 3 amide bonds. The molecule has 0 saturated carbocycles. The molecule has 52 heavy (non-hydrogen) atoms. The van der Waals surface area contributed by atoms with E-state index in [4.69, 9.17) is 35.3 Å². The molecular weight excluding hydrogens is 698 g/mol. The molecule has 0 aromatic heterocycles. The van der Waals surface area contributed by atoms with Crippen molar-refractivity contribution in [2.24, 2.45) is 11.8 Å². The predicted octanol–water partition coefficient (Wildman–Crippen LogP) is 4.05. The van der Waals surface area contributed by atoms with E-state index in [9.17, 15) is 29.4 Å². The van der Waals surface area contributed by atoms with Crippen LogP contribution in [0.15, 0.2) is 35.9 Å². The highest BCUT2D eigenvalue weighted by Gasteiger charge is 2.64. The number of fused-ring (bicyclic) bond motifs is 5. The number of aliphatic hydroxyl groups is 2. The number of aliphatic hydroxyl groups excluding tert-OH is 1. The lowest BCUT2D eigenvalue weighted by molar-refractivity contribution is -0.155. The molecule has 1 aromatic rings. The first kappa shape index (κ1) is 41.1. The van der Waals surface area contributed by atoms with Gasteiger partial charge in [0.1, 0.15) is 40.8 Å². The first-order valence-corrected chi connectivity index (χ1v) is 17.7. The summed E-state index contributed by atoms with van der Waals surface area (Å²) in [5, 5.41) is 25.7. The zero-order valence-electron chi connectivity index (χ0n) is 31.5. The number of rotatable bonds is 7. The third-order valence-electron chi connectivity index (χ3n) is 10.4. The van der Waals surface area contributed by atoms with E-state index in [0.717, 1.165) is 0 Å². The molecule has 3 aliphatic rings. The van der Waals surface area contributed by atoms with Crippen LogP contribution >= 0.6 is 11.6 Å². The molecule has 3 heterocycles. The summed E-state index contributed by atoms with van der Waals surface area (Å²) in [7, 11) is 5.93. The monoisotopic (exact) mass is 749 g/mol. The van der Waals surface area contributed by atoms with Crippen molar-refractivity contribution >= 4 is 41.2 Å². The SMILES string of the molecule is COc1cc2cc(c1Cl)N(C)C(=O)CC(OC(=O)CC(C)N(C)C(=O)C(C)C)C1(C)OC1C(C)C1CC(O)(NC(=O)O1)C(OC)C=CC=C(C)C2O. The van der Waals surface area contributed by atoms with Gasteiger partial charge < -0.3 is 43.7 Å². The Balaban J connectivity index is 1.78. The largest absolute Gasteiger partial charge is 0.495 e. The Labute approximate surface area is 310 Å². The van der Waals surface area contributed by atoms with Crippen LogP contribution in [0.2, 0.25) is 5.02 Å². The van der Waals surface area contributed by atoms with E-state index in [2.05, 4.69) is 5.32 Å². The topological polar surface area (TPSA) is 177 Å². The van der Waals surface area contributed by atoms with Crippen LogP contribution in [-0.2, 0) is 33.3 Å². The molecule has 9 atom stereocenters. The average molecular weight is 750 g/mol. The highest BCUT2D eigenvalue weighted by Crippen LogP contribution is 2.49. The molecule has 0 aliphatic carbocycles. The second kappa shape index (κ2) is 16.1. The van der Waals surface area contributed by atoms with Crippen LogP contribution in [0, 0.1) is 11.8 Å². The standard InChI is InChI=1S/C37H52ClN3O11/c1-19(2)34(45)40(7)21(4)14-30(43)51-28-17-29(42)41(8)24-15-23(16-25(48-9)31(24)38)32(44)20(3)12-11-13-27(49-10)37(47)18-26(50-35(46)39-37)22(5)33-36(28,6)52-33/h11-13,15-16,19,21-22,26-28,32-33,44,47H,14,17-18H2,1-10H3,(H,39,46).